The molecule has 11 rings (SSSR count). The summed E-state index contributed by atoms with van der Waals surface area (Å²) in [4.78, 5) is 2.35. The van der Waals surface area contributed by atoms with Gasteiger partial charge in [0.15, 0.2) is 0 Å². The quantitative estimate of drug-likeness (QED) is 0.171. The van der Waals surface area contributed by atoms with Crippen LogP contribution in [0.5, 0.6) is 0 Å². The van der Waals surface area contributed by atoms with Crippen LogP contribution in [0.3, 0.4) is 0 Å². The molecule has 0 bridgehead atoms. The zero-order chi connectivity index (χ0) is 34.9. The first-order valence-corrected chi connectivity index (χ1v) is 18.2. The first-order chi connectivity index (χ1) is 26.3. The van der Waals surface area contributed by atoms with Gasteiger partial charge in [-0.3, -0.25) is 8.80 Å². The normalized spacial score (nSPS) is 11.8. The van der Waals surface area contributed by atoms with Crippen LogP contribution in [0.15, 0.2) is 200 Å². The van der Waals surface area contributed by atoms with Gasteiger partial charge in [-0.15, -0.1) is 0 Å². The molecule has 11 aromatic rings. The third-order valence-corrected chi connectivity index (χ3v) is 10.9. The molecule has 0 atom stereocenters. The van der Waals surface area contributed by atoms with E-state index in [1.165, 1.54) is 77.3 Å². The molecule has 3 heterocycles. The molecular formula is C50H33N3. The number of hydrogen-bond acceptors (Lipinski definition) is 1. The van der Waals surface area contributed by atoms with Crippen LogP contribution in [-0.2, 0) is 0 Å². The zero-order valence-corrected chi connectivity index (χ0v) is 28.9. The molecule has 3 aromatic heterocycles. The van der Waals surface area contributed by atoms with Gasteiger partial charge in [-0.25, -0.2) is 0 Å². The SMILES string of the molecule is c1ccc(-c2ccc(N(c3ccc(-c4ccccc4)cc3)c3ccc(-c4cccc5c4c4c6ccccc6n6c7ccccc7n5c46)cc3)cc2)cc1. The van der Waals surface area contributed by atoms with Crippen molar-refractivity contribution in [3.05, 3.63) is 200 Å². The van der Waals surface area contributed by atoms with E-state index < -0.39 is 0 Å². The van der Waals surface area contributed by atoms with E-state index in [9.17, 15) is 0 Å². The topological polar surface area (TPSA) is 12.1 Å². The summed E-state index contributed by atoms with van der Waals surface area (Å²) in [6.45, 7) is 0. The monoisotopic (exact) mass is 675 g/mol. The molecule has 0 N–H and O–H groups in total. The van der Waals surface area contributed by atoms with Gasteiger partial charge in [0.1, 0.15) is 5.65 Å². The smallest absolute Gasteiger partial charge is 0.131 e. The summed E-state index contributed by atoms with van der Waals surface area (Å²) in [6, 6.07) is 72.4. The number of nitrogens with zero attached hydrogens (tertiary/aromatic N) is 3. The van der Waals surface area contributed by atoms with Crippen LogP contribution in [0.4, 0.5) is 17.1 Å². The summed E-state index contributed by atoms with van der Waals surface area (Å²) in [5.74, 6) is 0. The number of aromatic nitrogens is 2. The highest BCUT2D eigenvalue weighted by Gasteiger charge is 2.24. The van der Waals surface area contributed by atoms with Gasteiger partial charge in [-0.2, -0.15) is 0 Å². The largest absolute Gasteiger partial charge is 0.311 e. The predicted molar refractivity (Wildman–Crippen MR) is 223 cm³/mol. The Bertz CT molecular complexity index is 2970. The Hall–Kier alpha value is -7.10. The summed E-state index contributed by atoms with van der Waals surface area (Å²) in [6.07, 6.45) is 0. The van der Waals surface area contributed by atoms with Crippen molar-refractivity contribution in [3.8, 4) is 33.4 Å². The minimum absolute atomic E-state index is 1.11. The molecule has 8 aromatic carbocycles. The second-order valence-corrected chi connectivity index (χ2v) is 13.8. The first-order valence-electron chi connectivity index (χ1n) is 18.2. The molecule has 3 heteroatoms. The van der Waals surface area contributed by atoms with Crippen molar-refractivity contribution in [2.45, 2.75) is 0 Å². The number of rotatable bonds is 6. The molecule has 3 nitrogen and oxygen atoms in total. The van der Waals surface area contributed by atoms with Gasteiger partial charge in [-0.1, -0.05) is 140 Å². The van der Waals surface area contributed by atoms with E-state index in [0.717, 1.165) is 17.1 Å². The van der Waals surface area contributed by atoms with Crippen molar-refractivity contribution in [3.63, 3.8) is 0 Å². The molecule has 0 fully saturated rings. The van der Waals surface area contributed by atoms with Crippen LogP contribution < -0.4 is 4.90 Å². The minimum Gasteiger partial charge on any atom is -0.311 e. The Labute approximate surface area is 307 Å². The lowest BCUT2D eigenvalue weighted by molar-refractivity contribution is 1.28. The molecule has 0 amide bonds. The molecule has 0 aliphatic heterocycles. The summed E-state index contributed by atoms with van der Waals surface area (Å²) < 4.78 is 4.90. The highest BCUT2D eigenvalue weighted by molar-refractivity contribution is 6.27. The fourth-order valence-electron chi connectivity index (χ4n) is 8.46. The maximum absolute atomic E-state index is 2.46. The highest BCUT2D eigenvalue weighted by atomic mass is 15.1. The van der Waals surface area contributed by atoms with E-state index in [0.29, 0.717) is 0 Å². The number of imidazole rings is 1. The summed E-state index contributed by atoms with van der Waals surface area (Å²) >= 11 is 0. The van der Waals surface area contributed by atoms with E-state index in [-0.39, 0.29) is 0 Å². The number of fused-ring (bicyclic) bond motifs is 9. The van der Waals surface area contributed by atoms with E-state index in [2.05, 4.69) is 214 Å². The highest BCUT2D eigenvalue weighted by Crippen LogP contribution is 2.45. The van der Waals surface area contributed by atoms with Gasteiger partial charge >= 0.3 is 0 Å². The minimum atomic E-state index is 1.11. The average Bonchev–Trinajstić information content (AvgIpc) is 3.88. The molecular weight excluding hydrogens is 643 g/mol. The number of anilines is 3. The number of para-hydroxylation sites is 3. The Morgan fingerprint density at radius 2 is 0.698 bits per heavy atom. The van der Waals surface area contributed by atoms with Crippen molar-refractivity contribution in [1.29, 1.82) is 0 Å². The van der Waals surface area contributed by atoms with E-state index in [1.807, 2.05) is 0 Å². The van der Waals surface area contributed by atoms with Gasteiger partial charge < -0.3 is 4.90 Å². The van der Waals surface area contributed by atoms with E-state index in [4.69, 9.17) is 0 Å². The molecule has 0 saturated heterocycles. The lowest BCUT2D eigenvalue weighted by Crippen LogP contribution is -2.09. The second kappa shape index (κ2) is 11.7. The third-order valence-electron chi connectivity index (χ3n) is 10.9. The standard InChI is InChI=1S/C50H33N3/c1-3-12-34(13-4-1)36-22-28-39(29-23-36)51(40-30-24-37(25-31-40)35-14-5-2-6-15-35)41-32-26-38(27-33-41)42-17-11-21-47-48(42)49-43-16-7-8-18-44(43)52-45-19-9-10-20-46(45)53(47)50(49)52/h1-33H. The lowest BCUT2D eigenvalue weighted by Gasteiger charge is -2.26. The van der Waals surface area contributed by atoms with Gasteiger partial charge in [-0.05, 0) is 94.0 Å². The number of benzene rings is 8. The molecule has 0 spiro atoms. The van der Waals surface area contributed by atoms with Gasteiger partial charge in [0, 0.05) is 33.2 Å². The van der Waals surface area contributed by atoms with Gasteiger partial charge in [0.25, 0.3) is 0 Å². The van der Waals surface area contributed by atoms with Crippen LogP contribution in [0.2, 0.25) is 0 Å². The fraction of sp³-hybridized carbons (Fsp3) is 0. The van der Waals surface area contributed by atoms with Crippen LogP contribution in [0, 0.1) is 0 Å². The average molecular weight is 676 g/mol. The molecule has 53 heavy (non-hydrogen) atoms. The lowest BCUT2D eigenvalue weighted by atomic mass is 9.98. The van der Waals surface area contributed by atoms with Crippen molar-refractivity contribution in [2.75, 3.05) is 4.90 Å². The van der Waals surface area contributed by atoms with Crippen LogP contribution in [-0.4, -0.2) is 8.80 Å². The van der Waals surface area contributed by atoms with E-state index >= 15 is 0 Å². The van der Waals surface area contributed by atoms with Crippen molar-refractivity contribution in [1.82, 2.24) is 8.80 Å². The Kier molecular flexibility index (Phi) is 6.55. The fourth-order valence-corrected chi connectivity index (χ4v) is 8.46. The van der Waals surface area contributed by atoms with Crippen molar-refractivity contribution >= 4 is 60.9 Å². The third kappa shape index (κ3) is 4.54. The molecule has 0 radical (unpaired) electrons. The maximum Gasteiger partial charge on any atom is 0.131 e. The first kappa shape index (κ1) is 29.6. The molecule has 0 saturated carbocycles. The predicted octanol–water partition coefficient (Wildman–Crippen LogP) is 13.6. The Morgan fingerprint density at radius 3 is 1.25 bits per heavy atom. The van der Waals surface area contributed by atoms with Gasteiger partial charge in [0.05, 0.1) is 22.1 Å². The summed E-state index contributed by atoms with van der Waals surface area (Å²) in [5, 5.41) is 3.89. The summed E-state index contributed by atoms with van der Waals surface area (Å²) in [7, 11) is 0. The molecule has 248 valence electrons. The maximum atomic E-state index is 2.46. The summed E-state index contributed by atoms with van der Waals surface area (Å²) in [5.41, 5.74) is 16.8. The van der Waals surface area contributed by atoms with Crippen molar-refractivity contribution in [2.24, 2.45) is 0 Å². The van der Waals surface area contributed by atoms with Crippen LogP contribution in [0.25, 0.3) is 77.3 Å². The zero-order valence-electron chi connectivity index (χ0n) is 28.9. The van der Waals surface area contributed by atoms with Crippen LogP contribution >= 0.6 is 0 Å². The van der Waals surface area contributed by atoms with Crippen LogP contribution in [0.1, 0.15) is 0 Å². The Morgan fingerprint density at radius 1 is 0.283 bits per heavy atom. The molecule has 0 unspecified atom stereocenters. The molecule has 0 aliphatic carbocycles. The second-order valence-electron chi connectivity index (χ2n) is 13.8. The Balaban J connectivity index is 1.06. The van der Waals surface area contributed by atoms with Crippen molar-refractivity contribution < 1.29 is 0 Å². The van der Waals surface area contributed by atoms with E-state index in [1.54, 1.807) is 0 Å². The molecule has 0 aliphatic rings. The number of hydrogen-bond donors (Lipinski definition) is 0. The van der Waals surface area contributed by atoms with Gasteiger partial charge in [0.2, 0.25) is 0 Å².